The second-order valence-electron chi connectivity index (χ2n) is 10.2. The van der Waals surface area contributed by atoms with Crippen LogP contribution in [-0.2, 0) is 40.2 Å². The Morgan fingerprint density at radius 2 is 1.75 bits per heavy atom. The molecule has 0 radical (unpaired) electrons. The Hall–Kier alpha value is -3.61. The molecule has 1 aliphatic carbocycles. The van der Waals surface area contributed by atoms with Crippen LogP contribution in [-0.4, -0.2) is 33.9 Å². The van der Waals surface area contributed by atoms with Gasteiger partial charge in [-0.2, -0.15) is 0 Å². The molecule has 1 aromatic heterocycles. The van der Waals surface area contributed by atoms with Gasteiger partial charge in [0, 0.05) is 36.5 Å². The van der Waals surface area contributed by atoms with Gasteiger partial charge in [-0.3, -0.25) is 14.4 Å². The van der Waals surface area contributed by atoms with Gasteiger partial charge < -0.3 is 20.9 Å². The van der Waals surface area contributed by atoms with E-state index in [0.717, 1.165) is 35.9 Å². The predicted octanol–water partition coefficient (Wildman–Crippen LogP) is 3.26. The fraction of sp³-hybridized carbons (Fsp3) is 0.414. The molecule has 3 aromatic rings. The molecule has 1 heterocycles. The summed E-state index contributed by atoms with van der Waals surface area (Å²) < 4.78 is 2.38. The number of benzene rings is 2. The first-order valence-corrected chi connectivity index (χ1v) is 12.7. The van der Waals surface area contributed by atoms with E-state index in [2.05, 4.69) is 51.6 Å². The van der Waals surface area contributed by atoms with Crippen molar-refractivity contribution in [3.8, 4) is 0 Å². The third-order valence-electron chi connectivity index (χ3n) is 7.26. The van der Waals surface area contributed by atoms with Gasteiger partial charge in [0.15, 0.2) is 0 Å². The average Bonchev–Trinajstić information content (AvgIpc) is 3.15. The lowest BCUT2D eigenvalue weighted by Gasteiger charge is -2.38. The van der Waals surface area contributed by atoms with Crippen molar-refractivity contribution in [3.05, 3.63) is 71.4 Å². The van der Waals surface area contributed by atoms with Gasteiger partial charge in [-0.1, -0.05) is 62.4 Å². The summed E-state index contributed by atoms with van der Waals surface area (Å²) in [5.74, 6) is -1.38. The van der Waals surface area contributed by atoms with Crippen LogP contribution < -0.4 is 16.4 Å². The second kappa shape index (κ2) is 10.6. The van der Waals surface area contributed by atoms with Gasteiger partial charge in [0.05, 0.1) is 0 Å². The lowest BCUT2D eigenvalue weighted by Crippen LogP contribution is -2.64. The van der Waals surface area contributed by atoms with E-state index in [1.165, 1.54) is 18.2 Å². The summed E-state index contributed by atoms with van der Waals surface area (Å²) in [6.45, 7) is 5.97. The number of aryl methyl sites for hydroxylation is 2. The lowest BCUT2D eigenvalue weighted by atomic mass is 9.78. The van der Waals surface area contributed by atoms with Gasteiger partial charge in [0.2, 0.25) is 17.7 Å². The van der Waals surface area contributed by atoms with Crippen LogP contribution in [0.5, 0.6) is 0 Å². The highest BCUT2D eigenvalue weighted by molar-refractivity contribution is 5.96. The van der Waals surface area contributed by atoms with Gasteiger partial charge in [0.25, 0.3) is 0 Å². The number of carbonyl (C=O) groups excluding carboxylic acids is 3. The molecule has 2 atom stereocenters. The summed E-state index contributed by atoms with van der Waals surface area (Å²) in [5, 5.41) is 6.88. The zero-order valence-corrected chi connectivity index (χ0v) is 21.3. The topological polar surface area (TPSA) is 106 Å². The minimum Gasteiger partial charge on any atom is -0.368 e. The zero-order chi connectivity index (χ0) is 25.9. The van der Waals surface area contributed by atoms with E-state index < -0.39 is 17.5 Å². The first-order chi connectivity index (χ1) is 17.2. The normalized spacial score (nSPS) is 18.0. The minimum absolute atomic E-state index is 0.161. The van der Waals surface area contributed by atoms with Gasteiger partial charge in [-0.15, -0.1) is 0 Å². The fourth-order valence-electron chi connectivity index (χ4n) is 5.51. The smallest absolute Gasteiger partial charge is 0.246 e. The highest BCUT2D eigenvalue weighted by Gasteiger charge is 2.45. The number of para-hydroxylation sites is 1. The predicted molar refractivity (Wildman–Crippen MR) is 141 cm³/mol. The van der Waals surface area contributed by atoms with E-state index in [9.17, 15) is 14.4 Å². The Morgan fingerprint density at radius 3 is 2.42 bits per heavy atom. The van der Waals surface area contributed by atoms with Crippen molar-refractivity contribution in [2.24, 2.45) is 11.7 Å². The highest BCUT2D eigenvalue weighted by Crippen LogP contribution is 2.37. The fourth-order valence-corrected chi connectivity index (χ4v) is 5.51. The third kappa shape index (κ3) is 5.15. The van der Waals surface area contributed by atoms with Crippen LogP contribution in [0, 0.1) is 5.92 Å². The molecule has 3 amide bonds. The molecule has 0 unspecified atom stereocenters. The van der Waals surface area contributed by atoms with Crippen LogP contribution in [0.25, 0.3) is 10.9 Å². The molecule has 2 aromatic carbocycles. The zero-order valence-electron chi connectivity index (χ0n) is 21.3. The van der Waals surface area contributed by atoms with Gasteiger partial charge in [-0.25, -0.2) is 0 Å². The number of nitrogens with two attached hydrogens (primary N) is 1. The molecule has 0 fully saturated rings. The second-order valence-corrected chi connectivity index (χ2v) is 10.2. The molecule has 4 N–H and O–H groups in total. The van der Waals surface area contributed by atoms with Crippen molar-refractivity contribution in [2.45, 2.75) is 71.0 Å². The highest BCUT2D eigenvalue weighted by atomic mass is 16.2. The van der Waals surface area contributed by atoms with E-state index in [1.807, 2.05) is 32.0 Å². The van der Waals surface area contributed by atoms with Crippen molar-refractivity contribution in [1.82, 2.24) is 15.2 Å². The van der Waals surface area contributed by atoms with Gasteiger partial charge in [0.1, 0.15) is 11.6 Å². The van der Waals surface area contributed by atoms with Crippen LogP contribution in [0.4, 0.5) is 0 Å². The number of primary amides is 1. The number of hydrogen-bond acceptors (Lipinski definition) is 3. The van der Waals surface area contributed by atoms with Crippen LogP contribution in [0.1, 0.15) is 50.4 Å². The molecule has 7 nitrogen and oxygen atoms in total. The minimum atomic E-state index is -1.14. The number of carbonyl (C=O) groups is 3. The quantitative estimate of drug-likeness (QED) is 0.430. The molecule has 190 valence electrons. The molecule has 0 bridgehead atoms. The third-order valence-corrected chi connectivity index (χ3v) is 7.26. The Morgan fingerprint density at radius 1 is 1.06 bits per heavy atom. The average molecular weight is 489 g/mol. The summed E-state index contributed by atoms with van der Waals surface area (Å²) in [4.78, 5) is 37.8. The molecule has 0 aliphatic heterocycles. The number of nitrogens with one attached hydrogen (secondary N) is 2. The number of hydrogen-bond donors (Lipinski definition) is 3. The Balaban J connectivity index is 1.66. The van der Waals surface area contributed by atoms with Crippen LogP contribution in [0.3, 0.4) is 0 Å². The van der Waals surface area contributed by atoms with Crippen LogP contribution >= 0.6 is 0 Å². The monoisotopic (exact) mass is 488 g/mol. The van der Waals surface area contributed by atoms with Crippen molar-refractivity contribution in [2.75, 3.05) is 0 Å². The number of aromatic nitrogens is 1. The standard InChI is InChI=1S/C29H36N4O3/c1-19(2)26(27(30)35)31-28(36)29(32-20(3)34)16-15-25-23(18-29)22-13-7-8-14-24(22)33(25)17-9-12-21-10-5-4-6-11-21/h4-8,10-11,13-14,19,26H,9,12,15-18H2,1-3H3,(H2,30,35)(H,31,36)(H,32,34)/t26-,29+/m0/s1. The van der Waals surface area contributed by atoms with E-state index in [4.69, 9.17) is 5.73 Å². The first-order valence-electron chi connectivity index (χ1n) is 12.7. The maximum atomic E-state index is 13.6. The first kappa shape index (κ1) is 25.5. The van der Waals surface area contributed by atoms with Gasteiger partial charge >= 0.3 is 0 Å². The molecule has 1 aliphatic rings. The van der Waals surface area contributed by atoms with Crippen LogP contribution in [0.15, 0.2) is 54.6 Å². The van der Waals surface area contributed by atoms with E-state index >= 15 is 0 Å². The molecule has 0 saturated carbocycles. The molecule has 0 saturated heterocycles. The van der Waals surface area contributed by atoms with Crippen molar-refractivity contribution >= 4 is 28.6 Å². The molecule has 0 spiro atoms. The number of rotatable bonds is 9. The molecular weight excluding hydrogens is 452 g/mol. The maximum Gasteiger partial charge on any atom is 0.246 e. The SMILES string of the molecule is CC(=O)N[C@]1(C(=O)N[C@H](C(N)=O)C(C)C)CCc2c(c3ccccc3n2CCCc2ccccc2)C1. The summed E-state index contributed by atoms with van der Waals surface area (Å²) in [7, 11) is 0. The Kier molecular flexibility index (Phi) is 7.48. The number of nitrogens with zero attached hydrogens (tertiary/aromatic N) is 1. The Bertz CT molecular complexity index is 1260. The van der Waals surface area contributed by atoms with Crippen molar-refractivity contribution in [3.63, 3.8) is 0 Å². The van der Waals surface area contributed by atoms with E-state index in [-0.39, 0.29) is 17.7 Å². The Labute approximate surface area is 212 Å². The number of fused-ring (bicyclic) bond motifs is 3. The number of amides is 3. The van der Waals surface area contributed by atoms with E-state index in [0.29, 0.717) is 19.3 Å². The van der Waals surface area contributed by atoms with E-state index in [1.54, 1.807) is 0 Å². The molecular formula is C29H36N4O3. The largest absolute Gasteiger partial charge is 0.368 e. The lowest BCUT2D eigenvalue weighted by molar-refractivity contribution is -0.136. The molecule has 36 heavy (non-hydrogen) atoms. The van der Waals surface area contributed by atoms with Crippen LogP contribution in [0.2, 0.25) is 0 Å². The summed E-state index contributed by atoms with van der Waals surface area (Å²) >= 11 is 0. The molecule has 4 rings (SSSR count). The van der Waals surface area contributed by atoms with Crippen molar-refractivity contribution in [1.29, 1.82) is 0 Å². The summed E-state index contributed by atoms with van der Waals surface area (Å²) in [6, 6.07) is 17.9. The van der Waals surface area contributed by atoms with Gasteiger partial charge in [-0.05, 0) is 48.8 Å². The molecule has 7 heteroatoms. The summed E-state index contributed by atoms with van der Waals surface area (Å²) in [5.41, 5.74) is 9.18. The summed E-state index contributed by atoms with van der Waals surface area (Å²) in [6.07, 6.45) is 3.45. The maximum absolute atomic E-state index is 13.6. The van der Waals surface area contributed by atoms with Crippen molar-refractivity contribution < 1.29 is 14.4 Å².